The minimum absolute atomic E-state index is 0.339. The van der Waals surface area contributed by atoms with Crippen LogP contribution in [0.2, 0.25) is 15.1 Å². The van der Waals surface area contributed by atoms with Gasteiger partial charge in [0, 0.05) is 5.69 Å². The molecule has 0 unspecified atom stereocenters. The second-order valence-corrected chi connectivity index (χ2v) is 7.38. The van der Waals surface area contributed by atoms with Crippen molar-refractivity contribution in [2.75, 3.05) is 5.73 Å². The van der Waals surface area contributed by atoms with Crippen molar-refractivity contribution in [2.45, 2.75) is 13.8 Å². The molecule has 0 bridgehead atoms. The number of nitrogens with two attached hydrogens (primary N) is 1. The maximum absolute atomic E-state index is 10.3. The summed E-state index contributed by atoms with van der Waals surface area (Å²) in [7, 11) is 0. The molecular weight excluding hydrogens is 433 g/mol. The predicted octanol–water partition coefficient (Wildman–Crippen LogP) is 7.65. The van der Waals surface area contributed by atoms with Crippen LogP contribution in [0, 0.1) is 13.8 Å². The van der Waals surface area contributed by atoms with Gasteiger partial charge in [0.25, 0.3) is 0 Å². The van der Waals surface area contributed by atoms with E-state index >= 15 is 0 Å². The average molecular weight is 451 g/mol. The summed E-state index contributed by atoms with van der Waals surface area (Å²) in [6, 6.07) is 15.3. The van der Waals surface area contributed by atoms with E-state index in [9.17, 15) is 4.79 Å². The molecule has 5 nitrogen and oxygen atoms in total. The van der Waals surface area contributed by atoms with Crippen LogP contribution in [-0.4, -0.2) is 11.1 Å². The van der Waals surface area contributed by atoms with E-state index in [0.717, 1.165) is 11.1 Å². The first-order chi connectivity index (χ1) is 13.7. The maximum atomic E-state index is 10.3. The zero-order valence-electron chi connectivity index (χ0n) is 15.7. The lowest BCUT2D eigenvalue weighted by atomic mass is 10.2. The highest BCUT2D eigenvalue weighted by atomic mass is 35.5. The highest BCUT2D eigenvalue weighted by Crippen LogP contribution is 2.36. The molecule has 0 aliphatic heterocycles. The Labute approximate surface area is 183 Å². The summed E-state index contributed by atoms with van der Waals surface area (Å²) in [5.74, 6) is -0.875. The van der Waals surface area contributed by atoms with Crippen molar-refractivity contribution < 1.29 is 9.90 Å². The minimum atomic E-state index is -0.875. The monoisotopic (exact) mass is 449 g/mol. The molecule has 0 saturated carbocycles. The molecule has 0 atom stereocenters. The van der Waals surface area contributed by atoms with Crippen molar-refractivity contribution in [1.82, 2.24) is 0 Å². The second-order valence-electron chi connectivity index (χ2n) is 6.16. The number of hydrogen-bond donors (Lipinski definition) is 2. The van der Waals surface area contributed by atoms with E-state index in [-0.39, 0.29) is 0 Å². The largest absolute Gasteiger partial charge is 0.478 e. The number of benzene rings is 3. The summed E-state index contributed by atoms with van der Waals surface area (Å²) < 4.78 is 0. The van der Waals surface area contributed by atoms with Crippen LogP contribution in [0.25, 0.3) is 0 Å². The molecular formula is C21H18Cl3N3O2. The molecule has 0 aliphatic rings. The Bertz CT molecular complexity index is 1030. The average Bonchev–Trinajstić information content (AvgIpc) is 2.63. The number of nitrogen functional groups attached to an aromatic ring is 1. The first-order valence-corrected chi connectivity index (χ1v) is 9.53. The number of azo groups is 1. The van der Waals surface area contributed by atoms with Crippen LogP contribution in [0.3, 0.4) is 0 Å². The number of aromatic carboxylic acids is 1. The van der Waals surface area contributed by atoms with E-state index in [2.05, 4.69) is 10.2 Å². The van der Waals surface area contributed by atoms with Crippen molar-refractivity contribution in [1.29, 1.82) is 0 Å². The third-order valence-corrected chi connectivity index (χ3v) is 4.57. The zero-order valence-corrected chi connectivity index (χ0v) is 17.9. The Balaban J connectivity index is 0.000000253. The number of hydrogen-bond acceptors (Lipinski definition) is 4. The van der Waals surface area contributed by atoms with Gasteiger partial charge in [-0.1, -0.05) is 52.5 Å². The number of carboxylic acids is 1. The van der Waals surface area contributed by atoms with Gasteiger partial charge in [-0.3, -0.25) is 0 Å². The maximum Gasteiger partial charge on any atom is 0.335 e. The van der Waals surface area contributed by atoms with Gasteiger partial charge < -0.3 is 10.8 Å². The van der Waals surface area contributed by atoms with Crippen molar-refractivity contribution in [3.63, 3.8) is 0 Å². The van der Waals surface area contributed by atoms with E-state index in [4.69, 9.17) is 45.6 Å². The standard InChI is InChI=1S/C13H10Cl3N3.C8H8O2/c1-7-4-10(15)13(11(16)5-7)19-18-12-3-2-8(17)6-9(12)14;1-6-2-4-7(5-3-6)8(9)10/h2-6H,17H2,1H3;2-5H,1H3,(H,9,10). The smallest absolute Gasteiger partial charge is 0.335 e. The summed E-state index contributed by atoms with van der Waals surface area (Å²) >= 11 is 18.2. The number of anilines is 1. The molecule has 3 aromatic carbocycles. The number of aryl methyl sites for hydroxylation is 2. The molecule has 0 fully saturated rings. The normalized spacial score (nSPS) is 10.5. The Hall–Kier alpha value is -2.60. The molecule has 0 radical (unpaired) electrons. The SMILES string of the molecule is Cc1cc(Cl)c(N=Nc2ccc(N)cc2Cl)c(Cl)c1.Cc1ccc(C(=O)O)cc1. The minimum Gasteiger partial charge on any atom is -0.478 e. The van der Waals surface area contributed by atoms with Crippen LogP contribution in [0.4, 0.5) is 17.1 Å². The van der Waals surface area contributed by atoms with Gasteiger partial charge in [0.2, 0.25) is 0 Å². The lowest BCUT2D eigenvalue weighted by Crippen LogP contribution is -1.94. The van der Waals surface area contributed by atoms with Gasteiger partial charge in [-0.25, -0.2) is 4.79 Å². The van der Waals surface area contributed by atoms with Gasteiger partial charge in [-0.15, -0.1) is 10.2 Å². The quantitative estimate of drug-likeness (QED) is 0.317. The molecule has 3 aromatic rings. The molecule has 0 aromatic heterocycles. The second kappa shape index (κ2) is 10.3. The fourth-order valence-electron chi connectivity index (χ4n) is 2.19. The molecule has 150 valence electrons. The van der Waals surface area contributed by atoms with Gasteiger partial charge in [-0.2, -0.15) is 0 Å². The summed E-state index contributed by atoms with van der Waals surface area (Å²) in [5.41, 5.74) is 9.46. The molecule has 3 N–H and O–H groups in total. The van der Waals surface area contributed by atoms with Gasteiger partial charge in [0.1, 0.15) is 11.4 Å². The first kappa shape index (κ1) is 22.7. The van der Waals surface area contributed by atoms with E-state index < -0.39 is 5.97 Å². The zero-order chi connectivity index (χ0) is 21.6. The Kier molecular flexibility index (Phi) is 8.02. The lowest BCUT2D eigenvalue weighted by molar-refractivity contribution is 0.0697. The van der Waals surface area contributed by atoms with Crippen molar-refractivity contribution in [2.24, 2.45) is 10.2 Å². The topological polar surface area (TPSA) is 88.0 Å². The predicted molar refractivity (Wildman–Crippen MR) is 119 cm³/mol. The number of rotatable bonds is 3. The van der Waals surface area contributed by atoms with Crippen LogP contribution in [0.1, 0.15) is 21.5 Å². The fourth-order valence-corrected chi connectivity index (χ4v) is 3.09. The van der Waals surface area contributed by atoms with Crippen molar-refractivity contribution in [3.8, 4) is 0 Å². The third kappa shape index (κ3) is 6.75. The molecule has 3 rings (SSSR count). The highest BCUT2D eigenvalue weighted by Gasteiger charge is 2.07. The Morgan fingerprint density at radius 2 is 1.41 bits per heavy atom. The first-order valence-electron chi connectivity index (χ1n) is 8.39. The van der Waals surface area contributed by atoms with Gasteiger partial charge in [0.15, 0.2) is 0 Å². The van der Waals surface area contributed by atoms with Crippen molar-refractivity contribution >= 4 is 57.8 Å². The summed E-state index contributed by atoms with van der Waals surface area (Å²) in [5, 5.41) is 17.9. The Morgan fingerprint density at radius 1 is 0.828 bits per heavy atom. The fraction of sp³-hybridized carbons (Fsp3) is 0.0952. The number of nitrogens with zero attached hydrogens (tertiary/aromatic N) is 2. The van der Waals surface area contributed by atoms with Gasteiger partial charge in [0.05, 0.1) is 20.6 Å². The van der Waals surface area contributed by atoms with Crippen LogP contribution in [0.5, 0.6) is 0 Å². The van der Waals surface area contributed by atoms with Crippen LogP contribution >= 0.6 is 34.8 Å². The van der Waals surface area contributed by atoms with Crippen LogP contribution in [-0.2, 0) is 0 Å². The number of halogens is 3. The molecule has 0 amide bonds. The molecule has 8 heteroatoms. The molecule has 29 heavy (non-hydrogen) atoms. The van der Waals surface area contributed by atoms with Crippen LogP contribution in [0.15, 0.2) is 64.8 Å². The summed E-state index contributed by atoms with van der Waals surface area (Å²) in [4.78, 5) is 10.3. The molecule has 0 saturated heterocycles. The number of carboxylic acid groups (broad SMARTS) is 1. The van der Waals surface area contributed by atoms with Gasteiger partial charge in [-0.05, 0) is 61.9 Å². The molecule has 0 heterocycles. The van der Waals surface area contributed by atoms with E-state index in [0.29, 0.717) is 37.7 Å². The van der Waals surface area contributed by atoms with E-state index in [1.807, 2.05) is 13.8 Å². The van der Waals surface area contributed by atoms with Crippen molar-refractivity contribution in [3.05, 3.63) is 86.4 Å². The van der Waals surface area contributed by atoms with E-state index in [1.54, 1.807) is 54.6 Å². The molecule has 0 spiro atoms. The summed E-state index contributed by atoms with van der Waals surface area (Å²) in [6.45, 7) is 3.82. The summed E-state index contributed by atoms with van der Waals surface area (Å²) in [6.07, 6.45) is 0. The number of carbonyl (C=O) groups is 1. The highest BCUT2D eigenvalue weighted by molar-refractivity contribution is 6.38. The Morgan fingerprint density at radius 3 is 1.93 bits per heavy atom. The van der Waals surface area contributed by atoms with Crippen LogP contribution < -0.4 is 5.73 Å². The van der Waals surface area contributed by atoms with E-state index in [1.165, 1.54) is 0 Å². The lowest BCUT2D eigenvalue weighted by Gasteiger charge is -2.03. The third-order valence-electron chi connectivity index (χ3n) is 3.69. The van der Waals surface area contributed by atoms with Gasteiger partial charge >= 0.3 is 5.97 Å². The molecule has 0 aliphatic carbocycles.